The van der Waals surface area contributed by atoms with Gasteiger partial charge in [-0.05, 0) is 67.8 Å². The predicted octanol–water partition coefficient (Wildman–Crippen LogP) is 6.25. The Morgan fingerprint density at radius 2 is 1.85 bits per heavy atom. The van der Waals surface area contributed by atoms with E-state index in [4.69, 9.17) is 21.0 Å². The molecule has 6 nitrogen and oxygen atoms in total. The van der Waals surface area contributed by atoms with Crippen LogP contribution in [0, 0.1) is 20.8 Å². The highest BCUT2D eigenvalue weighted by Gasteiger charge is 2.46. The van der Waals surface area contributed by atoms with E-state index in [-0.39, 0.29) is 11.3 Å². The summed E-state index contributed by atoms with van der Waals surface area (Å²) in [6, 6.07) is 13.2. The molecule has 4 aromatic rings. The molecule has 0 bridgehead atoms. The first kappa shape index (κ1) is 21.4. The smallest absolute Gasteiger partial charge is 0.296 e. The molecule has 1 amide bonds. The van der Waals surface area contributed by atoms with Gasteiger partial charge in [-0.15, -0.1) is 0 Å². The molecule has 166 valence electrons. The van der Waals surface area contributed by atoms with Gasteiger partial charge in [0.25, 0.3) is 5.91 Å². The molecule has 0 aliphatic carbocycles. The van der Waals surface area contributed by atoms with Crippen LogP contribution in [0.15, 0.2) is 64.3 Å². The van der Waals surface area contributed by atoms with Crippen molar-refractivity contribution in [3.8, 4) is 0 Å². The van der Waals surface area contributed by atoms with Crippen molar-refractivity contribution in [2.45, 2.75) is 26.8 Å². The van der Waals surface area contributed by atoms with Crippen molar-refractivity contribution in [3.05, 3.63) is 93.1 Å². The minimum absolute atomic E-state index is 0.0520. The second-order valence-electron chi connectivity index (χ2n) is 8.06. The van der Waals surface area contributed by atoms with Crippen molar-refractivity contribution in [1.29, 1.82) is 0 Å². The fourth-order valence-electron chi connectivity index (χ4n) is 4.15. The monoisotopic (exact) mass is 478 g/mol. The van der Waals surface area contributed by atoms with Crippen molar-refractivity contribution in [2.75, 3.05) is 4.90 Å². The lowest BCUT2D eigenvalue weighted by Crippen LogP contribution is -2.30. The van der Waals surface area contributed by atoms with Crippen molar-refractivity contribution in [3.63, 3.8) is 0 Å². The Bertz CT molecular complexity index is 1470. The van der Waals surface area contributed by atoms with Crippen molar-refractivity contribution in [2.24, 2.45) is 0 Å². The second kappa shape index (κ2) is 7.86. The van der Waals surface area contributed by atoms with E-state index in [2.05, 4.69) is 0 Å². The standard InChI is InChI=1S/C25H19ClN2O4S/c1-12-10-13(2)20-18(11-12)33-25(27-20)28-21(15-5-7-16(26)8-6-15)19(23(30)24(28)31)22(29)17-9-4-14(3)32-17/h4-11,21,30H,1-3H3/t21-/m0/s1. The van der Waals surface area contributed by atoms with Gasteiger partial charge in [-0.1, -0.05) is 41.1 Å². The lowest BCUT2D eigenvalue weighted by Gasteiger charge is -2.24. The van der Waals surface area contributed by atoms with Crippen LogP contribution < -0.4 is 4.90 Å². The minimum atomic E-state index is -0.880. The van der Waals surface area contributed by atoms with Gasteiger partial charge in [0.05, 0.1) is 21.8 Å². The highest BCUT2D eigenvalue weighted by molar-refractivity contribution is 7.22. The molecule has 1 aliphatic rings. The predicted molar refractivity (Wildman–Crippen MR) is 128 cm³/mol. The van der Waals surface area contributed by atoms with Crippen molar-refractivity contribution in [1.82, 2.24) is 4.98 Å². The fraction of sp³-hybridized carbons (Fsp3) is 0.160. The van der Waals surface area contributed by atoms with E-state index in [0.29, 0.717) is 21.5 Å². The topological polar surface area (TPSA) is 83.6 Å². The number of hydrogen-bond donors (Lipinski definition) is 1. The van der Waals surface area contributed by atoms with Gasteiger partial charge >= 0.3 is 0 Å². The van der Waals surface area contributed by atoms with Crippen LogP contribution in [-0.4, -0.2) is 21.8 Å². The molecule has 0 fully saturated rings. The number of carbonyl (C=O) groups is 2. The molecule has 0 spiro atoms. The maximum atomic E-state index is 13.4. The maximum absolute atomic E-state index is 13.4. The third kappa shape index (κ3) is 3.53. The molecular weight excluding hydrogens is 460 g/mol. The Labute approximate surface area is 198 Å². The number of thiazole rings is 1. The lowest BCUT2D eigenvalue weighted by atomic mass is 9.95. The Hall–Kier alpha value is -3.42. The van der Waals surface area contributed by atoms with Gasteiger partial charge in [-0.3, -0.25) is 14.5 Å². The van der Waals surface area contributed by atoms with Crippen LogP contribution in [-0.2, 0) is 4.79 Å². The van der Waals surface area contributed by atoms with Crippen LogP contribution in [0.3, 0.4) is 0 Å². The normalized spacial score (nSPS) is 16.3. The summed E-state index contributed by atoms with van der Waals surface area (Å²) in [6.07, 6.45) is 0. The molecule has 0 unspecified atom stereocenters. The Balaban J connectivity index is 1.69. The number of Topliss-reactive ketones (excluding diaryl/α,β-unsaturated/α-hetero) is 1. The molecule has 2 aromatic carbocycles. The molecule has 8 heteroatoms. The molecule has 5 rings (SSSR count). The van der Waals surface area contributed by atoms with Crippen LogP contribution in [0.25, 0.3) is 10.2 Å². The number of anilines is 1. The average molecular weight is 479 g/mol. The Morgan fingerprint density at radius 1 is 1.12 bits per heavy atom. The first-order valence-electron chi connectivity index (χ1n) is 10.3. The van der Waals surface area contributed by atoms with Gasteiger partial charge in [0.1, 0.15) is 5.76 Å². The molecule has 1 aliphatic heterocycles. The van der Waals surface area contributed by atoms with Gasteiger partial charge in [0.2, 0.25) is 5.78 Å². The van der Waals surface area contributed by atoms with Crippen LogP contribution in [0.4, 0.5) is 5.13 Å². The number of aryl methyl sites for hydroxylation is 3. The molecule has 1 atom stereocenters. The van der Waals surface area contributed by atoms with E-state index in [0.717, 1.165) is 21.3 Å². The molecule has 3 heterocycles. The van der Waals surface area contributed by atoms with E-state index < -0.39 is 23.5 Å². The molecule has 2 aromatic heterocycles. The van der Waals surface area contributed by atoms with Gasteiger partial charge in [0, 0.05) is 5.02 Å². The molecular formula is C25H19ClN2O4S. The number of aromatic nitrogens is 1. The summed E-state index contributed by atoms with van der Waals surface area (Å²) in [5, 5.41) is 11.8. The summed E-state index contributed by atoms with van der Waals surface area (Å²) in [7, 11) is 0. The molecule has 33 heavy (non-hydrogen) atoms. The van der Waals surface area contributed by atoms with Gasteiger partial charge < -0.3 is 9.52 Å². The molecule has 1 N–H and O–H groups in total. The summed E-state index contributed by atoms with van der Waals surface area (Å²) in [6.45, 7) is 5.68. The number of carbonyl (C=O) groups excluding carboxylic acids is 2. The fourth-order valence-corrected chi connectivity index (χ4v) is 5.44. The average Bonchev–Trinajstić information content (AvgIpc) is 3.45. The molecule has 0 saturated heterocycles. The zero-order valence-electron chi connectivity index (χ0n) is 18.0. The maximum Gasteiger partial charge on any atom is 0.296 e. The lowest BCUT2D eigenvalue weighted by molar-refractivity contribution is -0.117. The van der Waals surface area contributed by atoms with E-state index in [9.17, 15) is 14.7 Å². The highest BCUT2D eigenvalue weighted by atomic mass is 35.5. The number of aliphatic hydroxyl groups excluding tert-OH is 1. The molecule has 0 saturated carbocycles. The van der Waals surface area contributed by atoms with Crippen LogP contribution in [0.2, 0.25) is 5.02 Å². The highest BCUT2D eigenvalue weighted by Crippen LogP contribution is 2.44. The quantitative estimate of drug-likeness (QED) is 0.350. The Kier molecular flexibility index (Phi) is 5.11. The number of aliphatic hydroxyl groups is 1. The van der Waals surface area contributed by atoms with Gasteiger partial charge in [-0.2, -0.15) is 0 Å². The summed E-state index contributed by atoms with van der Waals surface area (Å²) in [5.74, 6) is -1.24. The zero-order valence-corrected chi connectivity index (χ0v) is 19.6. The number of nitrogens with zero attached hydrogens (tertiary/aromatic N) is 2. The Morgan fingerprint density at radius 3 is 2.52 bits per heavy atom. The summed E-state index contributed by atoms with van der Waals surface area (Å²) in [4.78, 5) is 32.8. The van der Waals surface area contributed by atoms with Crippen molar-refractivity contribution >= 4 is 50.0 Å². The first-order valence-corrected chi connectivity index (χ1v) is 11.4. The summed E-state index contributed by atoms with van der Waals surface area (Å²) >= 11 is 7.42. The van der Waals surface area contributed by atoms with Crippen LogP contribution >= 0.6 is 22.9 Å². The number of furan rings is 1. The zero-order chi connectivity index (χ0) is 23.4. The number of amides is 1. The van der Waals surface area contributed by atoms with E-state index in [1.54, 1.807) is 37.3 Å². The SMILES string of the molecule is Cc1cc(C)c2nc(N3C(=O)C(O)=C(C(=O)c4ccc(C)o4)[C@@H]3c3ccc(Cl)cc3)sc2c1. The van der Waals surface area contributed by atoms with Crippen LogP contribution in [0.1, 0.15) is 39.0 Å². The number of hydrogen-bond acceptors (Lipinski definition) is 6. The summed E-state index contributed by atoms with van der Waals surface area (Å²) in [5.41, 5.74) is 3.42. The number of halogens is 1. The third-order valence-corrected chi connectivity index (χ3v) is 6.88. The first-order chi connectivity index (χ1) is 15.7. The van der Waals surface area contributed by atoms with E-state index in [1.807, 2.05) is 26.0 Å². The largest absolute Gasteiger partial charge is 0.503 e. The number of fused-ring (bicyclic) bond motifs is 1. The summed E-state index contributed by atoms with van der Waals surface area (Å²) < 4.78 is 6.43. The second-order valence-corrected chi connectivity index (χ2v) is 9.50. The number of rotatable bonds is 4. The van der Waals surface area contributed by atoms with Gasteiger partial charge in [-0.25, -0.2) is 4.98 Å². The number of benzene rings is 2. The van der Waals surface area contributed by atoms with Gasteiger partial charge in [0.15, 0.2) is 16.7 Å². The number of ketones is 1. The van der Waals surface area contributed by atoms with Crippen LogP contribution in [0.5, 0.6) is 0 Å². The van der Waals surface area contributed by atoms with Crippen molar-refractivity contribution < 1.29 is 19.1 Å². The molecule has 0 radical (unpaired) electrons. The van der Waals surface area contributed by atoms with E-state index in [1.165, 1.54) is 22.3 Å². The minimum Gasteiger partial charge on any atom is -0.503 e. The van der Waals surface area contributed by atoms with E-state index >= 15 is 0 Å². The third-order valence-electron chi connectivity index (χ3n) is 5.63.